The average Bonchev–Trinajstić information content (AvgIpc) is 3.48. The zero-order chi connectivity index (χ0) is 22.9. The standard InChI is InChI=1S/C24H28N8O/c1-16(2)31-8-6-21(7-9-31)32-14-20(13-26-32)24(33)27-23-11-19-10-17(4-5-18(19)12-25-23)22-15-30(3)29-28-22/h4-5,10-16,21H,6-9H2,1-3H3,(H,25,27,33). The molecule has 4 aromatic rings. The lowest BCUT2D eigenvalue weighted by Crippen LogP contribution is -2.39. The molecule has 9 nitrogen and oxygen atoms in total. The number of anilines is 1. The highest BCUT2D eigenvalue weighted by Crippen LogP contribution is 2.25. The van der Waals surface area contributed by atoms with Crippen molar-refractivity contribution in [1.29, 1.82) is 0 Å². The molecule has 1 saturated heterocycles. The van der Waals surface area contributed by atoms with E-state index >= 15 is 0 Å². The summed E-state index contributed by atoms with van der Waals surface area (Å²) < 4.78 is 3.61. The van der Waals surface area contributed by atoms with Crippen LogP contribution in [0.25, 0.3) is 22.0 Å². The van der Waals surface area contributed by atoms with Crippen molar-refractivity contribution in [2.24, 2.45) is 7.05 Å². The monoisotopic (exact) mass is 444 g/mol. The predicted molar refractivity (Wildman–Crippen MR) is 127 cm³/mol. The Morgan fingerprint density at radius 1 is 1.09 bits per heavy atom. The molecule has 1 aromatic carbocycles. The molecule has 1 fully saturated rings. The maximum atomic E-state index is 12.8. The number of nitrogens with one attached hydrogen (secondary N) is 1. The SMILES string of the molecule is CC(C)N1CCC(n2cc(C(=O)Nc3cc4cc(-c5cn(C)nn5)ccc4cn3)cn2)CC1. The lowest BCUT2D eigenvalue weighted by molar-refractivity contribution is 0.102. The molecule has 0 spiro atoms. The summed E-state index contributed by atoms with van der Waals surface area (Å²) in [4.78, 5) is 19.7. The summed E-state index contributed by atoms with van der Waals surface area (Å²) in [5.74, 6) is 0.291. The molecule has 0 bridgehead atoms. The van der Waals surface area contributed by atoms with Crippen LogP contribution >= 0.6 is 0 Å². The van der Waals surface area contributed by atoms with Gasteiger partial charge in [-0.3, -0.25) is 14.2 Å². The fourth-order valence-corrected chi connectivity index (χ4v) is 4.36. The van der Waals surface area contributed by atoms with Crippen molar-refractivity contribution in [2.45, 2.75) is 38.8 Å². The maximum Gasteiger partial charge on any atom is 0.260 e. The van der Waals surface area contributed by atoms with Crippen LogP contribution in [0.15, 0.2) is 49.1 Å². The molecule has 0 radical (unpaired) electrons. The third-order valence-corrected chi connectivity index (χ3v) is 6.33. The summed E-state index contributed by atoms with van der Waals surface area (Å²) in [7, 11) is 1.84. The second kappa shape index (κ2) is 8.74. The van der Waals surface area contributed by atoms with E-state index in [1.807, 2.05) is 48.4 Å². The predicted octanol–water partition coefficient (Wildman–Crippen LogP) is 3.52. The van der Waals surface area contributed by atoms with Gasteiger partial charge in [-0.05, 0) is 44.2 Å². The summed E-state index contributed by atoms with van der Waals surface area (Å²) in [5.41, 5.74) is 2.30. The number of aromatic nitrogens is 6. The maximum absolute atomic E-state index is 12.8. The Balaban J connectivity index is 1.29. The van der Waals surface area contributed by atoms with Crippen LogP contribution in [0.3, 0.4) is 0 Å². The first-order chi connectivity index (χ1) is 16.0. The molecule has 3 aromatic heterocycles. The van der Waals surface area contributed by atoms with Crippen LogP contribution in [-0.2, 0) is 7.05 Å². The van der Waals surface area contributed by atoms with Gasteiger partial charge in [-0.2, -0.15) is 5.10 Å². The third-order valence-electron chi connectivity index (χ3n) is 6.33. The molecule has 1 aliphatic rings. The third kappa shape index (κ3) is 4.49. The highest BCUT2D eigenvalue weighted by atomic mass is 16.1. The zero-order valence-electron chi connectivity index (χ0n) is 19.1. The second-order valence-corrected chi connectivity index (χ2v) is 8.93. The molecule has 33 heavy (non-hydrogen) atoms. The van der Waals surface area contributed by atoms with Crippen molar-refractivity contribution in [3.8, 4) is 11.3 Å². The molecular weight excluding hydrogens is 416 g/mol. The Hall–Kier alpha value is -3.59. The fourth-order valence-electron chi connectivity index (χ4n) is 4.36. The Morgan fingerprint density at radius 3 is 2.64 bits per heavy atom. The van der Waals surface area contributed by atoms with E-state index in [1.54, 1.807) is 17.1 Å². The van der Waals surface area contributed by atoms with Crippen molar-refractivity contribution in [3.05, 3.63) is 54.6 Å². The quantitative estimate of drug-likeness (QED) is 0.506. The van der Waals surface area contributed by atoms with Gasteiger partial charge in [0.2, 0.25) is 0 Å². The van der Waals surface area contributed by atoms with E-state index in [0.29, 0.717) is 23.5 Å². The van der Waals surface area contributed by atoms with Crippen molar-refractivity contribution >= 4 is 22.5 Å². The molecule has 0 unspecified atom stereocenters. The number of amides is 1. The number of carbonyl (C=O) groups excluding carboxylic acids is 1. The summed E-state index contributed by atoms with van der Waals surface area (Å²) in [6.45, 7) is 6.57. The minimum atomic E-state index is -0.210. The van der Waals surface area contributed by atoms with Crippen LogP contribution < -0.4 is 5.32 Å². The minimum absolute atomic E-state index is 0.210. The number of benzene rings is 1. The molecule has 1 amide bonds. The number of aryl methyl sites for hydroxylation is 1. The van der Waals surface area contributed by atoms with Gasteiger partial charge in [0, 0.05) is 49.5 Å². The first kappa shape index (κ1) is 21.3. The van der Waals surface area contributed by atoms with Gasteiger partial charge in [-0.25, -0.2) is 4.98 Å². The van der Waals surface area contributed by atoms with Gasteiger partial charge in [0.1, 0.15) is 11.5 Å². The van der Waals surface area contributed by atoms with Crippen molar-refractivity contribution in [3.63, 3.8) is 0 Å². The van der Waals surface area contributed by atoms with Gasteiger partial charge < -0.3 is 10.2 Å². The van der Waals surface area contributed by atoms with Crippen molar-refractivity contribution < 1.29 is 4.79 Å². The summed E-state index contributed by atoms with van der Waals surface area (Å²) in [6, 6.07) is 8.78. The second-order valence-electron chi connectivity index (χ2n) is 8.93. The summed E-state index contributed by atoms with van der Waals surface area (Å²) in [6.07, 6.45) is 9.20. The molecule has 5 rings (SSSR count). The largest absolute Gasteiger partial charge is 0.306 e. The van der Waals surface area contributed by atoms with E-state index < -0.39 is 0 Å². The minimum Gasteiger partial charge on any atom is -0.306 e. The van der Waals surface area contributed by atoms with E-state index in [-0.39, 0.29) is 5.91 Å². The summed E-state index contributed by atoms with van der Waals surface area (Å²) in [5, 5.41) is 17.5. The molecule has 4 heterocycles. The van der Waals surface area contributed by atoms with Crippen LogP contribution in [0.1, 0.15) is 43.1 Å². The summed E-state index contributed by atoms with van der Waals surface area (Å²) >= 11 is 0. The lowest BCUT2D eigenvalue weighted by Gasteiger charge is -2.34. The van der Waals surface area contributed by atoms with Crippen molar-refractivity contribution in [2.75, 3.05) is 18.4 Å². The van der Waals surface area contributed by atoms with Gasteiger partial charge in [0.15, 0.2) is 0 Å². The number of likely N-dealkylation sites (tertiary alicyclic amines) is 1. The number of rotatable bonds is 5. The number of carbonyl (C=O) groups is 1. The number of piperidine rings is 1. The Kier molecular flexibility index (Phi) is 5.63. The molecule has 0 saturated carbocycles. The van der Waals surface area contributed by atoms with E-state index in [0.717, 1.165) is 48.0 Å². The molecule has 1 N–H and O–H groups in total. The fraction of sp³-hybridized carbons (Fsp3) is 0.375. The molecule has 0 aliphatic carbocycles. The lowest BCUT2D eigenvalue weighted by atomic mass is 10.0. The molecular formula is C24H28N8O. The van der Waals surface area contributed by atoms with Gasteiger partial charge in [0.05, 0.1) is 24.0 Å². The highest BCUT2D eigenvalue weighted by Gasteiger charge is 2.23. The van der Waals surface area contributed by atoms with E-state index in [9.17, 15) is 4.79 Å². The Bertz CT molecular complexity index is 1280. The molecule has 1 aliphatic heterocycles. The van der Waals surface area contributed by atoms with E-state index in [2.05, 4.69) is 44.5 Å². The number of hydrogen-bond donors (Lipinski definition) is 1. The first-order valence-corrected chi connectivity index (χ1v) is 11.3. The van der Waals surface area contributed by atoms with Crippen LogP contribution in [-0.4, -0.2) is 59.7 Å². The smallest absolute Gasteiger partial charge is 0.260 e. The van der Waals surface area contributed by atoms with Crippen LogP contribution in [0.4, 0.5) is 5.82 Å². The van der Waals surface area contributed by atoms with Gasteiger partial charge in [-0.15, -0.1) is 5.10 Å². The first-order valence-electron chi connectivity index (χ1n) is 11.3. The topological polar surface area (TPSA) is 93.8 Å². The number of pyridine rings is 1. The molecule has 0 atom stereocenters. The molecule has 170 valence electrons. The van der Waals surface area contributed by atoms with Crippen LogP contribution in [0.5, 0.6) is 0 Å². The van der Waals surface area contributed by atoms with E-state index in [4.69, 9.17) is 0 Å². The zero-order valence-corrected chi connectivity index (χ0v) is 19.1. The van der Waals surface area contributed by atoms with Gasteiger partial charge in [-0.1, -0.05) is 17.3 Å². The number of nitrogens with zero attached hydrogens (tertiary/aromatic N) is 7. The average molecular weight is 445 g/mol. The highest BCUT2D eigenvalue weighted by molar-refractivity contribution is 6.04. The van der Waals surface area contributed by atoms with E-state index in [1.165, 1.54) is 0 Å². The number of hydrogen-bond acceptors (Lipinski definition) is 6. The molecule has 9 heteroatoms. The normalized spacial score (nSPS) is 15.4. The van der Waals surface area contributed by atoms with Crippen LogP contribution in [0, 0.1) is 0 Å². The van der Waals surface area contributed by atoms with Crippen molar-refractivity contribution in [1.82, 2.24) is 34.7 Å². The Labute approximate surface area is 192 Å². The van der Waals surface area contributed by atoms with Gasteiger partial charge in [0.25, 0.3) is 5.91 Å². The van der Waals surface area contributed by atoms with Gasteiger partial charge >= 0.3 is 0 Å². The number of fused-ring (bicyclic) bond motifs is 1. The Morgan fingerprint density at radius 2 is 1.91 bits per heavy atom. The van der Waals surface area contributed by atoms with Crippen LogP contribution in [0.2, 0.25) is 0 Å².